The Labute approximate surface area is 150 Å². The van der Waals surface area contributed by atoms with Gasteiger partial charge in [-0.25, -0.2) is 8.78 Å². The van der Waals surface area contributed by atoms with Crippen molar-refractivity contribution in [1.82, 2.24) is 10.3 Å². The number of benzene rings is 2. The highest BCUT2D eigenvalue weighted by molar-refractivity contribution is 5.97. The van der Waals surface area contributed by atoms with Gasteiger partial charge in [0, 0.05) is 17.6 Å². The number of aromatic nitrogens is 1. The normalized spacial score (nSPS) is 11.0. The molecule has 0 aliphatic rings. The number of ether oxygens (including phenoxy) is 1. The van der Waals surface area contributed by atoms with Crippen molar-refractivity contribution < 1.29 is 18.3 Å². The molecule has 0 unspecified atom stereocenters. The maximum Gasteiger partial charge on any atom is 0.255 e. The Morgan fingerprint density at radius 2 is 1.92 bits per heavy atom. The van der Waals surface area contributed by atoms with E-state index in [0.29, 0.717) is 18.5 Å². The first kappa shape index (κ1) is 17.9. The first-order chi connectivity index (χ1) is 12.4. The van der Waals surface area contributed by atoms with Gasteiger partial charge in [-0.05, 0) is 49.6 Å². The number of halogens is 2. The van der Waals surface area contributed by atoms with Crippen molar-refractivity contribution in [3.05, 3.63) is 64.4 Å². The van der Waals surface area contributed by atoms with E-state index in [1.165, 1.54) is 31.4 Å². The Hall–Kier alpha value is -2.89. The van der Waals surface area contributed by atoms with Crippen LogP contribution in [0, 0.1) is 25.5 Å². The molecule has 4 nitrogen and oxygen atoms in total. The molecule has 3 rings (SSSR count). The Morgan fingerprint density at radius 1 is 1.15 bits per heavy atom. The van der Waals surface area contributed by atoms with Crippen molar-refractivity contribution in [3.8, 4) is 5.75 Å². The Kier molecular flexibility index (Phi) is 4.93. The molecule has 0 saturated heterocycles. The zero-order chi connectivity index (χ0) is 18.8. The predicted molar refractivity (Wildman–Crippen MR) is 96.7 cm³/mol. The van der Waals surface area contributed by atoms with Crippen LogP contribution in [0.15, 0.2) is 30.3 Å². The number of hydrogen-bond acceptors (Lipinski definition) is 2. The van der Waals surface area contributed by atoms with Gasteiger partial charge >= 0.3 is 0 Å². The second-order valence-electron chi connectivity index (χ2n) is 6.17. The monoisotopic (exact) mass is 358 g/mol. The summed E-state index contributed by atoms with van der Waals surface area (Å²) in [5, 5.41) is 3.62. The van der Waals surface area contributed by atoms with Gasteiger partial charge < -0.3 is 15.0 Å². The summed E-state index contributed by atoms with van der Waals surface area (Å²) >= 11 is 0. The van der Waals surface area contributed by atoms with Crippen LogP contribution < -0.4 is 10.1 Å². The molecular formula is C20H20F2N2O2. The fraction of sp³-hybridized carbons (Fsp3) is 0.250. The predicted octanol–water partition coefficient (Wildman–Crippen LogP) is 4.04. The third-order valence-electron chi connectivity index (χ3n) is 4.51. The van der Waals surface area contributed by atoms with Crippen LogP contribution in [0.5, 0.6) is 5.75 Å². The van der Waals surface area contributed by atoms with E-state index >= 15 is 0 Å². The van der Waals surface area contributed by atoms with Crippen LogP contribution in [-0.2, 0) is 6.42 Å². The highest BCUT2D eigenvalue weighted by Gasteiger charge is 2.17. The van der Waals surface area contributed by atoms with Crippen LogP contribution in [0.25, 0.3) is 10.9 Å². The van der Waals surface area contributed by atoms with E-state index in [2.05, 4.69) is 10.3 Å². The molecule has 0 fully saturated rings. The van der Waals surface area contributed by atoms with Gasteiger partial charge in [0.15, 0.2) is 11.6 Å². The number of carbonyl (C=O) groups excluding carboxylic acids is 1. The molecule has 136 valence electrons. The van der Waals surface area contributed by atoms with Crippen LogP contribution >= 0.6 is 0 Å². The van der Waals surface area contributed by atoms with Crippen molar-refractivity contribution in [2.75, 3.05) is 13.7 Å². The number of rotatable bonds is 5. The maximum atomic E-state index is 14.0. The van der Waals surface area contributed by atoms with E-state index in [1.54, 1.807) is 6.07 Å². The number of amides is 1. The van der Waals surface area contributed by atoms with Crippen LogP contribution in [0.1, 0.15) is 27.2 Å². The van der Waals surface area contributed by atoms with E-state index in [4.69, 9.17) is 4.74 Å². The van der Waals surface area contributed by atoms with Crippen molar-refractivity contribution in [2.24, 2.45) is 0 Å². The lowest BCUT2D eigenvalue weighted by Gasteiger charge is -2.10. The fourth-order valence-corrected chi connectivity index (χ4v) is 3.25. The molecule has 0 bridgehead atoms. The second-order valence-corrected chi connectivity index (χ2v) is 6.17. The second kappa shape index (κ2) is 7.15. The van der Waals surface area contributed by atoms with E-state index in [0.717, 1.165) is 22.2 Å². The highest BCUT2D eigenvalue weighted by Crippen LogP contribution is 2.28. The van der Waals surface area contributed by atoms with Gasteiger partial charge in [0.05, 0.1) is 18.2 Å². The zero-order valence-electron chi connectivity index (χ0n) is 14.9. The van der Waals surface area contributed by atoms with E-state index in [1.807, 2.05) is 13.8 Å². The molecule has 1 heterocycles. The van der Waals surface area contributed by atoms with Gasteiger partial charge in [-0.2, -0.15) is 0 Å². The number of carbonyl (C=O) groups is 1. The number of hydrogen-bond donors (Lipinski definition) is 2. The third-order valence-corrected chi connectivity index (χ3v) is 4.51. The average Bonchev–Trinajstić information content (AvgIpc) is 2.95. The highest BCUT2D eigenvalue weighted by atomic mass is 19.1. The molecular weight excluding hydrogens is 338 g/mol. The first-order valence-corrected chi connectivity index (χ1v) is 8.31. The average molecular weight is 358 g/mol. The number of nitrogens with one attached hydrogen (secondary N) is 2. The minimum absolute atomic E-state index is 0.0776. The van der Waals surface area contributed by atoms with Gasteiger partial charge in [-0.15, -0.1) is 0 Å². The lowest BCUT2D eigenvalue weighted by molar-refractivity contribution is 0.0950. The number of methoxy groups -OCH3 is 1. The topological polar surface area (TPSA) is 54.1 Å². The van der Waals surface area contributed by atoms with Crippen LogP contribution in [0.4, 0.5) is 8.78 Å². The van der Waals surface area contributed by atoms with Crippen molar-refractivity contribution in [2.45, 2.75) is 20.3 Å². The summed E-state index contributed by atoms with van der Waals surface area (Å²) in [7, 11) is 1.32. The van der Waals surface area contributed by atoms with Gasteiger partial charge in [-0.1, -0.05) is 12.1 Å². The number of aromatic amines is 1. The zero-order valence-corrected chi connectivity index (χ0v) is 14.9. The molecule has 2 aromatic carbocycles. The SMILES string of the molecule is COc1c(F)cccc1C(=O)NCCc1c(C)[nH]c2c(F)ccc(C)c12. The molecule has 0 spiro atoms. The Bertz CT molecular complexity index is 980. The molecule has 1 amide bonds. The van der Waals surface area contributed by atoms with Crippen molar-refractivity contribution in [3.63, 3.8) is 0 Å². The molecule has 26 heavy (non-hydrogen) atoms. The number of aryl methyl sites for hydroxylation is 2. The van der Waals surface area contributed by atoms with Crippen molar-refractivity contribution in [1.29, 1.82) is 0 Å². The Balaban J connectivity index is 1.78. The summed E-state index contributed by atoms with van der Waals surface area (Å²) in [4.78, 5) is 15.4. The molecule has 0 aliphatic carbocycles. The number of para-hydroxylation sites is 1. The summed E-state index contributed by atoms with van der Waals surface area (Å²) in [5.74, 6) is -1.37. The molecule has 0 atom stereocenters. The van der Waals surface area contributed by atoms with Crippen LogP contribution in [-0.4, -0.2) is 24.5 Å². The van der Waals surface area contributed by atoms with E-state index in [-0.39, 0.29) is 17.1 Å². The smallest absolute Gasteiger partial charge is 0.255 e. The summed E-state index contributed by atoms with van der Waals surface area (Å²) in [5.41, 5.74) is 3.43. The Morgan fingerprint density at radius 3 is 2.65 bits per heavy atom. The first-order valence-electron chi connectivity index (χ1n) is 8.31. The van der Waals surface area contributed by atoms with Gasteiger partial charge in [0.2, 0.25) is 0 Å². The van der Waals surface area contributed by atoms with E-state index in [9.17, 15) is 13.6 Å². The minimum Gasteiger partial charge on any atom is -0.493 e. The van der Waals surface area contributed by atoms with Crippen LogP contribution in [0.2, 0.25) is 0 Å². The standard InChI is InChI=1S/C20H20F2N2O2/c1-11-7-8-15(21)18-17(11)13(12(2)24-18)9-10-23-20(25)14-5-4-6-16(22)19(14)26-3/h4-8,24H,9-10H2,1-3H3,(H,23,25). The van der Waals surface area contributed by atoms with Crippen LogP contribution in [0.3, 0.4) is 0 Å². The molecule has 3 aromatic rings. The fourth-order valence-electron chi connectivity index (χ4n) is 3.25. The summed E-state index contributed by atoms with van der Waals surface area (Å²) in [6.45, 7) is 4.14. The maximum absolute atomic E-state index is 14.0. The van der Waals surface area contributed by atoms with Gasteiger partial charge in [0.1, 0.15) is 5.82 Å². The number of H-pyrrole nitrogens is 1. The summed E-state index contributed by atoms with van der Waals surface area (Å²) in [6.07, 6.45) is 0.527. The molecule has 6 heteroatoms. The van der Waals surface area contributed by atoms with E-state index < -0.39 is 11.7 Å². The summed E-state index contributed by atoms with van der Waals surface area (Å²) < 4.78 is 32.7. The molecule has 0 saturated carbocycles. The largest absolute Gasteiger partial charge is 0.493 e. The lowest BCUT2D eigenvalue weighted by Crippen LogP contribution is -2.26. The van der Waals surface area contributed by atoms with Crippen molar-refractivity contribution >= 4 is 16.8 Å². The van der Waals surface area contributed by atoms with Gasteiger partial charge in [-0.3, -0.25) is 4.79 Å². The minimum atomic E-state index is -0.585. The third kappa shape index (κ3) is 3.14. The summed E-state index contributed by atoms with van der Waals surface area (Å²) in [6, 6.07) is 7.39. The quantitative estimate of drug-likeness (QED) is 0.723. The molecule has 0 aliphatic heterocycles. The molecule has 0 radical (unpaired) electrons. The lowest BCUT2D eigenvalue weighted by atomic mass is 10.0. The number of fused-ring (bicyclic) bond motifs is 1. The molecule has 1 aromatic heterocycles. The van der Waals surface area contributed by atoms with Gasteiger partial charge in [0.25, 0.3) is 5.91 Å². The molecule has 2 N–H and O–H groups in total.